The Morgan fingerprint density at radius 1 is 0.972 bits per heavy atom. The number of hydrogen-bond acceptors (Lipinski definition) is 6. The Morgan fingerprint density at radius 3 is 2.53 bits per heavy atom. The minimum Gasteiger partial charge on any atom is -0.508 e. The van der Waals surface area contributed by atoms with Crippen LogP contribution in [-0.2, 0) is 20.8 Å². The molecule has 3 aromatic carbocycles. The van der Waals surface area contributed by atoms with Gasteiger partial charge < -0.3 is 15.3 Å². The van der Waals surface area contributed by atoms with Gasteiger partial charge in [0.1, 0.15) is 17.6 Å². The van der Waals surface area contributed by atoms with E-state index in [0.717, 1.165) is 28.0 Å². The average molecular weight is 483 g/mol. The Kier molecular flexibility index (Phi) is 6.62. The molecule has 0 fully saturated rings. The molecular weight excluding hydrogens is 456 g/mol. The van der Waals surface area contributed by atoms with Gasteiger partial charge in [0.2, 0.25) is 5.91 Å². The molecule has 5 rings (SSSR count). The number of ketones is 2. The lowest BCUT2D eigenvalue weighted by Gasteiger charge is -2.10. The summed E-state index contributed by atoms with van der Waals surface area (Å²) in [6.45, 7) is 0.389. The van der Waals surface area contributed by atoms with Crippen molar-refractivity contribution < 1.29 is 24.3 Å². The molecule has 1 aliphatic carbocycles. The topological polar surface area (TPSA) is 105 Å². The second-order valence-electron chi connectivity index (χ2n) is 9.10. The predicted octanol–water partition coefficient (Wildman–Crippen LogP) is 4.19. The molecule has 36 heavy (non-hydrogen) atoms. The van der Waals surface area contributed by atoms with Crippen molar-refractivity contribution in [3.05, 3.63) is 89.0 Å². The van der Waals surface area contributed by atoms with E-state index in [2.05, 4.69) is 10.5 Å². The molecule has 7 nitrogen and oxygen atoms in total. The van der Waals surface area contributed by atoms with E-state index >= 15 is 0 Å². The van der Waals surface area contributed by atoms with Crippen LogP contribution in [0.15, 0.2) is 71.9 Å². The minimum atomic E-state index is -0.336. The van der Waals surface area contributed by atoms with Crippen LogP contribution in [-0.4, -0.2) is 40.9 Å². The molecular formula is C29H26N2O5. The van der Waals surface area contributed by atoms with Crippen molar-refractivity contribution >= 4 is 23.2 Å². The van der Waals surface area contributed by atoms with Gasteiger partial charge in [-0.15, -0.1) is 0 Å². The maximum absolute atomic E-state index is 12.9. The number of phenols is 1. The molecule has 2 aliphatic rings. The van der Waals surface area contributed by atoms with Crippen molar-refractivity contribution in [3.8, 4) is 16.9 Å². The van der Waals surface area contributed by atoms with Gasteiger partial charge in [-0.2, -0.15) is 0 Å². The number of amides is 1. The fourth-order valence-electron chi connectivity index (χ4n) is 4.75. The quantitative estimate of drug-likeness (QED) is 0.348. The first-order valence-corrected chi connectivity index (χ1v) is 12.1. The summed E-state index contributed by atoms with van der Waals surface area (Å²) in [5, 5.41) is 16.3. The van der Waals surface area contributed by atoms with Crippen LogP contribution >= 0.6 is 0 Å². The minimum absolute atomic E-state index is 0.0251. The number of hydrogen-bond donors (Lipinski definition) is 2. The lowest BCUT2D eigenvalue weighted by molar-refractivity contribution is -0.124. The number of rotatable bonds is 9. The molecule has 7 heteroatoms. The molecule has 0 spiro atoms. The van der Waals surface area contributed by atoms with E-state index in [9.17, 15) is 19.5 Å². The molecule has 0 aromatic heterocycles. The van der Waals surface area contributed by atoms with Crippen LogP contribution in [0.3, 0.4) is 0 Å². The second kappa shape index (κ2) is 10.2. The van der Waals surface area contributed by atoms with Crippen molar-refractivity contribution in [1.29, 1.82) is 0 Å². The number of nitrogens with zero attached hydrogens (tertiary/aromatic N) is 1. The molecule has 0 bridgehead atoms. The van der Waals surface area contributed by atoms with Crippen molar-refractivity contribution in [2.45, 2.75) is 38.2 Å². The highest BCUT2D eigenvalue weighted by atomic mass is 16.6. The van der Waals surface area contributed by atoms with E-state index in [1.165, 1.54) is 0 Å². The van der Waals surface area contributed by atoms with E-state index in [-0.39, 0.29) is 42.2 Å². The van der Waals surface area contributed by atoms with Crippen LogP contribution in [0.2, 0.25) is 0 Å². The van der Waals surface area contributed by atoms with Gasteiger partial charge in [-0.25, -0.2) is 0 Å². The maximum Gasteiger partial charge on any atom is 0.223 e. The first-order chi connectivity index (χ1) is 17.5. The highest BCUT2D eigenvalue weighted by Gasteiger charge is 2.29. The highest BCUT2D eigenvalue weighted by molar-refractivity contribution is 6.22. The van der Waals surface area contributed by atoms with Crippen LogP contribution in [0.25, 0.3) is 11.1 Å². The average Bonchev–Trinajstić information content (AvgIpc) is 3.46. The summed E-state index contributed by atoms with van der Waals surface area (Å²) in [6.07, 6.45) is 1.40. The normalized spacial score (nSPS) is 15.6. The van der Waals surface area contributed by atoms with Crippen LogP contribution in [0.5, 0.6) is 5.75 Å². The third-order valence-corrected chi connectivity index (χ3v) is 6.53. The Bertz CT molecular complexity index is 1360. The number of nitrogens with one attached hydrogen (secondary N) is 1. The zero-order chi connectivity index (χ0) is 25.1. The summed E-state index contributed by atoms with van der Waals surface area (Å²) in [7, 11) is 0. The first-order valence-electron chi connectivity index (χ1n) is 12.1. The zero-order valence-electron chi connectivity index (χ0n) is 19.7. The molecule has 1 unspecified atom stereocenters. The molecule has 1 aliphatic heterocycles. The van der Waals surface area contributed by atoms with Crippen LogP contribution in [0.1, 0.15) is 52.7 Å². The number of benzene rings is 3. The molecule has 0 saturated carbocycles. The van der Waals surface area contributed by atoms with Gasteiger partial charge in [-0.05, 0) is 52.9 Å². The Balaban J connectivity index is 1.05. The summed E-state index contributed by atoms with van der Waals surface area (Å²) >= 11 is 0. The molecule has 1 atom stereocenters. The third kappa shape index (κ3) is 4.91. The standard InChI is InChI=1S/C29H26N2O5/c32-20-12-10-18(11-13-20)26-16-22(36-31-26)17-27(34)30-14-4-6-21(33)15-19-5-3-9-24-23-7-1-2-8-25(23)29(35)28(19)24/h1-3,5,7-13,22,32H,4,6,14-17H2,(H,30,34). The Hall–Kier alpha value is -4.26. The molecule has 1 amide bonds. The van der Waals surface area contributed by atoms with Crippen LogP contribution in [0.4, 0.5) is 0 Å². The van der Waals surface area contributed by atoms with Gasteiger partial charge >= 0.3 is 0 Å². The molecule has 3 aromatic rings. The van der Waals surface area contributed by atoms with Gasteiger partial charge in [0.15, 0.2) is 5.78 Å². The summed E-state index contributed by atoms with van der Waals surface area (Å²) in [6, 6.07) is 19.9. The van der Waals surface area contributed by atoms with Gasteiger partial charge in [0.05, 0.1) is 12.1 Å². The van der Waals surface area contributed by atoms with Gasteiger partial charge in [0.25, 0.3) is 0 Å². The molecule has 1 heterocycles. The number of carbonyl (C=O) groups excluding carboxylic acids is 3. The smallest absolute Gasteiger partial charge is 0.223 e. The summed E-state index contributed by atoms with van der Waals surface area (Å²) < 4.78 is 0. The second-order valence-corrected chi connectivity index (χ2v) is 9.10. The lowest BCUT2D eigenvalue weighted by atomic mass is 9.96. The van der Waals surface area contributed by atoms with Crippen molar-refractivity contribution in [2.24, 2.45) is 5.16 Å². The zero-order valence-corrected chi connectivity index (χ0v) is 19.7. The lowest BCUT2D eigenvalue weighted by Crippen LogP contribution is -2.28. The van der Waals surface area contributed by atoms with Gasteiger partial charge in [-0.3, -0.25) is 14.4 Å². The first kappa shape index (κ1) is 23.5. The number of phenolic OH excluding ortho intramolecular Hbond substituents is 1. The van der Waals surface area contributed by atoms with E-state index in [1.54, 1.807) is 24.3 Å². The molecule has 2 N–H and O–H groups in total. The number of fused-ring (bicyclic) bond motifs is 3. The van der Waals surface area contributed by atoms with Gasteiger partial charge in [0, 0.05) is 36.9 Å². The van der Waals surface area contributed by atoms with Gasteiger partial charge in [-0.1, -0.05) is 47.6 Å². The number of aromatic hydroxyl groups is 1. The van der Waals surface area contributed by atoms with Crippen LogP contribution in [0, 0.1) is 0 Å². The van der Waals surface area contributed by atoms with Crippen molar-refractivity contribution in [3.63, 3.8) is 0 Å². The largest absolute Gasteiger partial charge is 0.508 e. The SMILES string of the molecule is O=C(CCCNC(=O)CC1CC(c2ccc(O)cc2)=NO1)Cc1cccc2c1C(=O)c1ccccc1-2. The fraction of sp³-hybridized carbons (Fsp3) is 0.241. The van der Waals surface area contributed by atoms with E-state index in [1.807, 2.05) is 42.5 Å². The highest BCUT2D eigenvalue weighted by Crippen LogP contribution is 2.38. The summed E-state index contributed by atoms with van der Waals surface area (Å²) in [5.41, 5.74) is 5.47. The van der Waals surface area contributed by atoms with E-state index in [4.69, 9.17) is 4.84 Å². The van der Waals surface area contributed by atoms with Crippen molar-refractivity contribution in [1.82, 2.24) is 5.32 Å². The Labute approximate surface area is 208 Å². The molecule has 0 radical (unpaired) electrons. The molecule has 182 valence electrons. The number of carbonyl (C=O) groups is 3. The van der Waals surface area contributed by atoms with Crippen molar-refractivity contribution in [2.75, 3.05) is 6.54 Å². The maximum atomic E-state index is 12.9. The monoisotopic (exact) mass is 482 g/mol. The van der Waals surface area contributed by atoms with E-state index < -0.39 is 0 Å². The predicted molar refractivity (Wildman–Crippen MR) is 135 cm³/mol. The summed E-state index contributed by atoms with van der Waals surface area (Å²) in [4.78, 5) is 43.2. The molecule has 0 saturated heterocycles. The van der Waals surface area contributed by atoms with E-state index in [0.29, 0.717) is 36.9 Å². The number of oxime groups is 1. The Morgan fingerprint density at radius 2 is 1.72 bits per heavy atom. The third-order valence-electron chi connectivity index (χ3n) is 6.53. The fourth-order valence-corrected chi connectivity index (χ4v) is 4.75. The number of Topliss-reactive ketones (excluding diaryl/α,β-unsaturated/α-hetero) is 1. The summed E-state index contributed by atoms with van der Waals surface area (Å²) in [5.74, 6) is 0.0358. The van der Waals surface area contributed by atoms with Crippen LogP contribution < -0.4 is 5.32 Å².